The Morgan fingerprint density at radius 3 is 2.65 bits per heavy atom. The lowest BCUT2D eigenvalue weighted by Crippen LogP contribution is -2.35. The first-order chi connectivity index (χ1) is 14.8. The molecule has 3 atom stereocenters. The molecule has 0 radical (unpaired) electrons. The molecule has 2 aromatic carbocycles. The first kappa shape index (κ1) is 21.5. The molecule has 0 aliphatic carbocycles. The number of aliphatic hydroxyl groups is 1. The van der Waals surface area contributed by atoms with Crippen molar-refractivity contribution >= 4 is 33.5 Å². The van der Waals surface area contributed by atoms with Crippen molar-refractivity contribution in [2.45, 2.75) is 19.1 Å². The first-order valence-electron chi connectivity index (χ1n) is 9.79. The molecule has 0 bridgehead atoms. The summed E-state index contributed by atoms with van der Waals surface area (Å²) in [4.78, 5) is 12.8. The highest BCUT2D eigenvalue weighted by molar-refractivity contribution is 7.85. The highest BCUT2D eigenvalue weighted by atomic mass is 32.2. The molecule has 0 fully saturated rings. The van der Waals surface area contributed by atoms with E-state index in [0.717, 1.165) is 5.56 Å². The number of nitrogens with zero attached hydrogens (tertiary/aromatic N) is 1. The molecule has 4 rings (SSSR count). The van der Waals surface area contributed by atoms with Crippen molar-refractivity contribution in [1.82, 2.24) is 5.32 Å². The number of amides is 1. The molecule has 2 heterocycles. The Labute approximate surface area is 181 Å². The van der Waals surface area contributed by atoms with Gasteiger partial charge in [0.05, 0.1) is 36.6 Å². The van der Waals surface area contributed by atoms with Crippen LogP contribution in [0.2, 0.25) is 0 Å². The van der Waals surface area contributed by atoms with Gasteiger partial charge in [-0.3, -0.25) is 9.10 Å². The SMILES string of the molecule is CNC(=O)c1c(-c2ccc(F)cc2)oc2cc3c(cc12)C(C)OC(CO)CN3S(C)=O. The summed E-state index contributed by atoms with van der Waals surface area (Å²) in [5.74, 6) is -0.414. The van der Waals surface area contributed by atoms with Gasteiger partial charge >= 0.3 is 0 Å². The van der Waals surface area contributed by atoms with Gasteiger partial charge in [0, 0.05) is 35.9 Å². The zero-order valence-electron chi connectivity index (χ0n) is 17.3. The van der Waals surface area contributed by atoms with Gasteiger partial charge in [-0.15, -0.1) is 0 Å². The van der Waals surface area contributed by atoms with Gasteiger partial charge in [-0.2, -0.15) is 0 Å². The molecule has 1 amide bonds. The number of nitrogens with one attached hydrogen (secondary N) is 1. The first-order valence-corrected chi connectivity index (χ1v) is 11.3. The highest BCUT2D eigenvalue weighted by Gasteiger charge is 2.31. The van der Waals surface area contributed by atoms with Crippen LogP contribution in [0.4, 0.5) is 10.1 Å². The maximum Gasteiger partial charge on any atom is 0.255 e. The van der Waals surface area contributed by atoms with Crippen LogP contribution in [-0.2, 0) is 15.7 Å². The van der Waals surface area contributed by atoms with E-state index in [4.69, 9.17) is 9.15 Å². The number of benzene rings is 2. The van der Waals surface area contributed by atoms with Crippen LogP contribution in [0.3, 0.4) is 0 Å². The third kappa shape index (κ3) is 3.84. The van der Waals surface area contributed by atoms with Gasteiger partial charge in [0.2, 0.25) is 0 Å². The quantitative estimate of drug-likeness (QED) is 0.642. The number of ether oxygens (including phenoxy) is 1. The van der Waals surface area contributed by atoms with E-state index in [0.29, 0.717) is 33.5 Å². The van der Waals surface area contributed by atoms with E-state index in [9.17, 15) is 18.5 Å². The Hall–Kier alpha value is -2.75. The number of hydrogen-bond donors (Lipinski definition) is 2. The second kappa shape index (κ2) is 8.41. The summed E-state index contributed by atoms with van der Waals surface area (Å²) in [7, 11) is 0.154. The highest BCUT2D eigenvalue weighted by Crippen LogP contribution is 2.41. The summed E-state index contributed by atoms with van der Waals surface area (Å²) in [5.41, 5.74) is 2.70. The minimum atomic E-state index is -1.37. The van der Waals surface area contributed by atoms with Crippen LogP contribution >= 0.6 is 0 Å². The van der Waals surface area contributed by atoms with Gasteiger partial charge in [-0.1, -0.05) is 0 Å². The predicted octanol–water partition coefficient (Wildman–Crippen LogP) is 3.15. The standard InChI is InChI=1S/C22H23FN2O5S/c1-12-16-8-17-19(9-18(16)25(31(3)28)10-15(11-26)29-12)30-21(20(17)22(27)24-2)13-4-6-14(23)7-5-13/h4-9,12,15,26H,10-11H2,1-3H3,(H,24,27). The van der Waals surface area contributed by atoms with Crippen molar-refractivity contribution in [2.75, 3.05) is 30.8 Å². The predicted molar refractivity (Wildman–Crippen MR) is 117 cm³/mol. The van der Waals surface area contributed by atoms with Gasteiger partial charge in [0.15, 0.2) is 0 Å². The van der Waals surface area contributed by atoms with E-state index in [-0.39, 0.29) is 19.1 Å². The Morgan fingerprint density at radius 1 is 1.32 bits per heavy atom. The Bertz CT molecular complexity index is 1160. The Balaban J connectivity index is 1.98. The molecule has 1 aliphatic heterocycles. The van der Waals surface area contributed by atoms with Crippen LogP contribution in [0.15, 0.2) is 40.8 Å². The molecule has 0 spiro atoms. The van der Waals surface area contributed by atoms with Crippen LogP contribution in [-0.4, -0.2) is 47.8 Å². The molecule has 9 heteroatoms. The van der Waals surface area contributed by atoms with Crippen molar-refractivity contribution < 1.29 is 27.7 Å². The normalized spacial score (nSPS) is 19.7. The van der Waals surface area contributed by atoms with Crippen molar-refractivity contribution in [3.05, 3.63) is 53.3 Å². The van der Waals surface area contributed by atoms with Gasteiger partial charge in [-0.25, -0.2) is 8.60 Å². The van der Waals surface area contributed by atoms with Crippen molar-refractivity contribution in [3.8, 4) is 11.3 Å². The van der Waals surface area contributed by atoms with Gasteiger partial charge in [0.25, 0.3) is 5.91 Å². The van der Waals surface area contributed by atoms with E-state index in [1.54, 1.807) is 34.8 Å². The summed E-state index contributed by atoms with van der Waals surface area (Å²) in [6, 6.07) is 9.25. The lowest BCUT2D eigenvalue weighted by atomic mass is 10.0. The largest absolute Gasteiger partial charge is 0.455 e. The number of fused-ring (bicyclic) bond motifs is 2. The van der Waals surface area contributed by atoms with Crippen LogP contribution in [0.5, 0.6) is 0 Å². The van der Waals surface area contributed by atoms with Crippen LogP contribution in [0, 0.1) is 5.82 Å². The molecule has 3 aromatic rings. The average Bonchev–Trinajstić information content (AvgIpc) is 3.06. The summed E-state index contributed by atoms with van der Waals surface area (Å²) in [6.45, 7) is 1.88. The number of anilines is 1. The maximum absolute atomic E-state index is 13.4. The van der Waals surface area contributed by atoms with Gasteiger partial charge < -0.3 is 19.6 Å². The number of carbonyl (C=O) groups is 1. The molecule has 31 heavy (non-hydrogen) atoms. The number of furan rings is 1. The molecule has 1 aliphatic rings. The topological polar surface area (TPSA) is 92.0 Å². The molecule has 0 saturated heterocycles. The zero-order chi connectivity index (χ0) is 22.3. The molecule has 0 saturated carbocycles. The van der Waals surface area contributed by atoms with Crippen LogP contribution in [0.1, 0.15) is 28.9 Å². The van der Waals surface area contributed by atoms with E-state index in [1.807, 2.05) is 6.92 Å². The molecular formula is C22H23FN2O5S. The lowest BCUT2D eigenvalue weighted by molar-refractivity contribution is -0.0226. The summed E-state index contributed by atoms with van der Waals surface area (Å²) >= 11 is 0. The van der Waals surface area contributed by atoms with Gasteiger partial charge in [-0.05, 0) is 37.3 Å². The number of rotatable bonds is 4. The molecular weight excluding hydrogens is 423 g/mol. The molecule has 1 aromatic heterocycles. The second-order valence-electron chi connectivity index (χ2n) is 7.37. The molecule has 164 valence electrons. The fourth-order valence-electron chi connectivity index (χ4n) is 3.88. The smallest absolute Gasteiger partial charge is 0.255 e. The fourth-order valence-corrected chi connectivity index (χ4v) is 4.69. The number of hydrogen-bond acceptors (Lipinski definition) is 5. The van der Waals surface area contributed by atoms with E-state index >= 15 is 0 Å². The summed E-state index contributed by atoms with van der Waals surface area (Å²) in [5, 5.41) is 12.8. The van der Waals surface area contributed by atoms with E-state index in [2.05, 4.69) is 5.32 Å². The van der Waals surface area contributed by atoms with Crippen molar-refractivity contribution in [2.24, 2.45) is 0 Å². The zero-order valence-corrected chi connectivity index (χ0v) is 18.2. The number of aliphatic hydroxyl groups excluding tert-OH is 1. The van der Waals surface area contributed by atoms with Gasteiger partial charge in [0.1, 0.15) is 28.1 Å². The second-order valence-corrected chi connectivity index (χ2v) is 8.66. The number of halogens is 1. The Kier molecular flexibility index (Phi) is 5.83. The van der Waals surface area contributed by atoms with Crippen LogP contribution < -0.4 is 9.62 Å². The number of carbonyl (C=O) groups excluding carboxylic acids is 1. The van der Waals surface area contributed by atoms with Crippen LogP contribution in [0.25, 0.3) is 22.3 Å². The third-order valence-electron chi connectivity index (χ3n) is 5.38. The minimum Gasteiger partial charge on any atom is -0.455 e. The Morgan fingerprint density at radius 2 is 2.03 bits per heavy atom. The summed E-state index contributed by atoms with van der Waals surface area (Å²) < 4.78 is 39.6. The van der Waals surface area contributed by atoms with E-state index in [1.165, 1.54) is 19.2 Å². The molecule has 7 nitrogen and oxygen atoms in total. The molecule has 3 unspecified atom stereocenters. The molecule has 2 N–H and O–H groups in total. The van der Waals surface area contributed by atoms with Crippen molar-refractivity contribution in [3.63, 3.8) is 0 Å². The lowest BCUT2D eigenvalue weighted by Gasteiger charge is -2.23. The fraction of sp³-hybridized carbons (Fsp3) is 0.318. The van der Waals surface area contributed by atoms with E-state index < -0.39 is 29.0 Å². The third-order valence-corrected chi connectivity index (χ3v) is 6.35. The van der Waals surface area contributed by atoms with Crippen molar-refractivity contribution in [1.29, 1.82) is 0 Å². The average molecular weight is 447 g/mol. The summed E-state index contributed by atoms with van der Waals surface area (Å²) in [6.07, 6.45) is 0.637. The monoisotopic (exact) mass is 446 g/mol. The minimum absolute atomic E-state index is 0.208. The maximum atomic E-state index is 13.4.